The SMILES string of the molecule is Cc1nnc(CN=C(NCCCc2ccc(C(C)C)cc2)NCCN2CCOCC2)n1C.I. The molecule has 3 rings (SSSR count). The van der Waals surface area contributed by atoms with Crippen LogP contribution in [0.1, 0.15) is 49.0 Å². The summed E-state index contributed by atoms with van der Waals surface area (Å²) in [6.07, 6.45) is 2.10. The molecule has 8 nitrogen and oxygen atoms in total. The maximum Gasteiger partial charge on any atom is 0.191 e. The average molecular weight is 570 g/mol. The Balaban J connectivity index is 0.00000385. The van der Waals surface area contributed by atoms with Crippen molar-refractivity contribution in [3.8, 4) is 0 Å². The lowest BCUT2D eigenvalue weighted by Gasteiger charge is -2.26. The van der Waals surface area contributed by atoms with Crippen molar-refractivity contribution in [1.82, 2.24) is 30.3 Å². The molecule has 0 atom stereocenters. The number of benzene rings is 1. The van der Waals surface area contributed by atoms with Crippen molar-refractivity contribution in [1.29, 1.82) is 0 Å². The average Bonchev–Trinajstić information content (AvgIpc) is 3.13. The smallest absolute Gasteiger partial charge is 0.191 e. The van der Waals surface area contributed by atoms with Gasteiger partial charge in [0.1, 0.15) is 12.4 Å². The van der Waals surface area contributed by atoms with Gasteiger partial charge in [-0.15, -0.1) is 34.2 Å². The zero-order valence-corrected chi connectivity index (χ0v) is 22.8. The standard InChI is InChI=1S/C24H39N7O.HI/c1-19(2)22-9-7-21(8-10-22)6-5-11-25-24(26-12-13-31-14-16-32-17-15-31)27-18-23-29-28-20(3)30(23)4;/h7-10,19H,5-6,11-18H2,1-4H3,(H2,25,26,27);1H. The van der Waals surface area contributed by atoms with E-state index in [1.807, 2.05) is 18.5 Å². The van der Waals surface area contributed by atoms with Crippen LogP contribution in [0.3, 0.4) is 0 Å². The molecule has 2 aromatic rings. The van der Waals surface area contributed by atoms with Gasteiger partial charge in [-0.25, -0.2) is 4.99 Å². The second-order valence-corrected chi connectivity index (χ2v) is 8.69. The Bertz CT molecular complexity index is 845. The molecule has 1 aromatic heterocycles. The number of nitrogens with zero attached hydrogens (tertiary/aromatic N) is 5. The lowest BCUT2D eigenvalue weighted by molar-refractivity contribution is 0.0389. The summed E-state index contributed by atoms with van der Waals surface area (Å²) in [6, 6.07) is 9.00. The Hall–Kier alpha value is -1.72. The van der Waals surface area contributed by atoms with Crippen molar-refractivity contribution < 1.29 is 4.74 Å². The number of ether oxygens (including phenoxy) is 1. The van der Waals surface area contributed by atoms with Crippen LogP contribution in [0.15, 0.2) is 29.3 Å². The van der Waals surface area contributed by atoms with Crippen LogP contribution in [0.2, 0.25) is 0 Å². The number of aliphatic imine (C=N–C) groups is 1. The monoisotopic (exact) mass is 569 g/mol. The zero-order chi connectivity index (χ0) is 22.8. The van der Waals surface area contributed by atoms with Crippen LogP contribution in [0.25, 0.3) is 0 Å². The molecule has 1 fully saturated rings. The van der Waals surface area contributed by atoms with Crippen molar-refractivity contribution in [2.75, 3.05) is 45.9 Å². The van der Waals surface area contributed by atoms with Gasteiger partial charge in [0.25, 0.3) is 0 Å². The number of guanidine groups is 1. The highest BCUT2D eigenvalue weighted by atomic mass is 127. The number of hydrogen-bond acceptors (Lipinski definition) is 5. The third-order valence-corrected chi connectivity index (χ3v) is 5.97. The van der Waals surface area contributed by atoms with Gasteiger partial charge in [-0.2, -0.15) is 0 Å². The molecule has 33 heavy (non-hydrogen) atoms. The lowest BCUT2D eigenvalue weighted by Crippen LogP contribution is -2.44. The van der Waals surface area contributed by atoms with Crippen LogP contribution in [0.5, 0.6) is 0 Å². The van der Waals surface area contributed by atoms with E-state index in [1.165, 1.54) is 11.1 Å². The first-order valence-electron chi connectivity index (χ1n) is 11.8. The topological polar surface area (TPSA) is 79.6 Å². The second-order valence-electron chi connectivity index (χ2n) is 8.69. The molecule has 0 bridgehead atoms. The van der Waals surface area contributed by atoms with Crippen LogP contribution in [0, 0.1) is 6.92 Å². The second kappa shape index (κ2) is 14.5. The summed E-state index contributed by atoms with van der Waals surface area (Å²) >= 11 is 0. The van der Waals surface area contributed by atoms with E-state index in [0.717, 1.165) is 76.4 Å². The van der Waals surface area contributed by atoms with Crippen LogP contribution in [0.4, 0.5) is 0 Å². The molecule has 1 aromatic carbocycles. The highest BCUT2D eigenvalue weighted by molar-refractivity contribution is 14.0. The normalized spacial score (nSPS) is 14.9. The van der Waals surface area contributed by atoms with Gasteiger partial charge in [0.05, 0.1) is 13.2 Å². The largest absolute Gasteiger partial charge is 0.379 e. The summed E-state index contributed by atoms with van der Waals surface area (Å²) in [5.74, 6) is 3.16. The van der Waals surface area contributed by atoms with E-state index >= 15 is 0 Å². The van der Waals surface area contributed by atoms with Crippen molar-refractivity contribution in [2.45, 2.75) is 46.1 Å². The molecule has 0 spiro atoms. The molecular formula is C24H40IN7O. The number of rotatable bonds is 10. The molecule has 1 aliphatic heterocycles. The Kier molecular flexibility index (Phi) is 12.1. The van der Waals surface area contributed by atoms with Crippen molar-refractivity contribution in [3.05, 3.63) is 47.0 Å². The van der Waals surface area contributed by atoms with Crippen LogP contribution >= 0.6 is 24.0 Å². The number of hydrogen-bond donors (Lipinski definition) is 2. The maximum atomic E-state index is 5.43. The fraction of sp³-hybridized carbons (Fsp3) is 0.625. The predicted molar refractivity (Wildman–Crippen MR) is 144 cm³/mol. The van der Waals surface area contributed by atoms with E-state index in [1.54, 1.807) is 0 Å². The summed E-state index contributed by atoms with van der Waals surface area (Å²) in [7, 11) is 1.98. The maximum absolute atomic E-state index is 5.43. The predicted octanol–water partition coefficient (Wildman–Crippen LogP) is 2.87. The van der Waals surface area contributed by atoms with Crippen LogP contribution < -0.4 is 10.6 Å². The van der Waals surface area contributed by atoms with E-state index in [-0.39, 0.29) is 24.0 Å². The van der Waals surface area contributed by atoms with E-state index in [9.17, 15) is 0 Å². The Morgan fingerprint density at radius 2 is 1.79 bits per heavy atom. The highest BCUT2D eigenvalue weighted by Crippen LogP contribution is 2.15. The summed E-state index contributed by atoms with van der Waals surface area (Å²) in [5, 5.41) is 15.3. The molecule has 9 heteroatoms. The van der Waals surface area contributed by atoms with Gasteiger partial charge >= 0.3 is 0 Å². The number of morpholine rings is 1. The first-order chi connectivity index (χ1) is 15.5. The fourth-order valence-electron chi connectivity index (χ4n) is 3.64. The fourth-order valence-corrected chi connectivity index (χ4v) is 3.64. The molecule has 0 aliphatic carbocycles. The molecule has 1 saturated heterocycles. The van der Waals surface area contributed by atoms with E-state index in [2.05, 4.69) is 63.8 Å². The van der Waals surface area contributed by atoms with Gasteiger partial charge in [0.15, 0.2) is 11.8 Å². The third-order valence-electron chi connectivity index (χ3n) is 5.97. The highest BCUT2D eigenvalue weighted by Gasteiger charge is 2.10. The minimum Gasteiger partial charge on any atom is -0.379 e. The number of aryl methyl sites for hydroxylation is 2. The van der Waals surface area contributed by atoms with Crippen LogP contribution in [-0.4, -0.2) is 71.6 Å². The van der Waals surface area contributed by atoms with E-state index in [4.69, 9.17) is 9.73 Å². The minimum absolute atomic E-state index is 0. The minimum atomic E-state index is 0. The van der Waals surface area contributed by atoms with Crippen molar-refractivity contribution in [2.24, 2.45) is 12.0 Å². The van der Waals surface area contributed by atoms with Gasteiger partial charge in [-0.1, -0.05) is 38.1 Å². The molecule has 0 amide bonds. The molecule has 1 aliphatic rings. The summed E-state index contributed by atoms with van der Waals surface area (Å²) in [4.78, 5) is 7.17. The summed E-state index contributed by atoms with van der Waals surface area (Å²) in [5.41, 5.74) is 2.77. The Morgan fingerprint density at radius 3 is 2.42 bits per heavy atom. The molecule has 0 radical (unpaired) electrons. The summed E-state index contributed by atoms with van der Waals surface area (Å²) in [6.45, 7) is 13.2. The van der Waals surface area contributed by atoms with Gasteiger partial charge in [-0.05, 0) is 36.8 Å². The van der Waals surface area contributed by atoms with Gasteiger partial charge in [-0.3, -0.25) is 4.90 Å². The van der Waals surface area contributed by atoms with Gasteiger partial charge < -0.3 is 19.9 Å². The van der Waals surface area contributed by atoms with E-state index in [0.29, 0.717) is 12.5 Å². The molecule has 0 unspecified atom stereocenters. The number of aromatic nitrogens is 3. The van der Waals surface area contributed by atoms with Gasteiger partial charge in [0, 0.05) is 39.8 Å². The third kappa shape index (κ3) is 9.21. The molecular weight excluding hydrogens is 529 g/mol. The molecule has 2 N–H and O–H groups in total. The number of nitrogens with one attached hydrogen (secondary N) is 2. The number of halogens is 1. The Morgan fingerprint density at radius 1 is 1.09 bits per heavy atom. The van der Waals surface area contributed by atoms with Crippen molar-refractivity contribution >= 4 is 29.9 Å². The Labute approximate surface area is 215 Å². The molecule has 2 heterocycles. The zero-order valence-electron chi connectivity index (χ0n) is 20.5. The van der Waals surface area contributed by atoms with Crippen molar-refractivity contribution in [3.63, 3.8) is 0 Å². The first kappa shape index (κ1) is 27.5. The van der Waals surface area contributed by atoms with E-state index < -0.39 is 0 Å². The lowest BCUT2D eigenvalue weighted by atomic mass is 10.0. The van der Waals surface area contributed by atoms with Crippen LogP contribution in [-0.2, 0) is 24.8 Å². The molecule has 0 saturated carbocycles. The molecule has 184 valence electrons. The first-order valence-corrected chi connectivity index (χ1v) is 11.8. The van der Waals surface area contributed by atoms with Gasteiger partial charge in [0.2, 0.25) is 0 Å². The quantitative estimate of drug-likeness (QED) is 0.198. The summed E-state index contributed by atoms with van der Waals surface area (Å²) < 4.78 is 7.42.